The lowest BCUT2D eigenvalue weighted by Gasteiger charge is -2.18. The Labute approximate surface area is 112 Å². The summed E-state index contributed by atoms with van der Waals surface area (Å²) in [6, 6.07) is 6.57. The zero-order chi connectivity index (χ0) is 13.3. The molecule has 0 radical (unpaired) electrons. The summed E-state index contributed by atoms with van der Waals surface area (Å²) in [4.78, 5) is 12.3. The van der Waals surface area contributed by atoms with E-state index in [-0.39, 0.29) is 17.8 Å². The number of hydrogen-bond acceptors (Lipinski definition) is 2. The van der Waals surface area contributed by atoms with Crippen LogP contribution in [0.3, 0.4) is 0 Å². The van der Waals surface area contributed by atoms with E-state index < -0.39 is 5.41 Å². The first-order valence-corrected chi connectivity index (χ1v) is 6.87. The summed E-state index contributed by atoms with van der Waals surface area (Å²) in [6.45, 7) is 1.31. The summed E-state index contributed by atoms with van der Waals surface area (Å²) in [5.74, 6) is -0.347. The molecule has 1 aliphatic carbocycles. The average Bonchev–Trinajstić information content (AvgIpc) is 3.06. The van der Waals surface area contributed by atoms with Crippen LogP contribution in [0.5, 0.6) is 0 Å². The van der Waals surface area contributed by atoms with Gasteiger partial charge in [-0.05, 0) is 31.7 Å². The van der Waals surface area contributed by atoms with Crippen molar-refractivity contribution in [3.63, 3.8) is 0 Å². The van der Waals surface area contributed by atoms with Gasteiger partial charge >= 0.3 is 0 Å². The van der Waals surface area contributed by atoms with E-state index in [1.807, 2.05) is 0 Å². The first-order chi connectivity index (χ1) is 9.22. The minimum absolute atomic E-state index is 0.0619. The van der Waals surface area contributed by atoms with Crippen LogP contribution in [0.2, 0.25) is 0 Å². The van der Waals surface area contributed by atoms with E-state index in [4.69, 9.17) is 4.74 Å². The normalized spacial score (nSPS) is 24.2. The Kier molecular flexibility index (Phi) is 3.27. The molecule has 0 spiro atoms. The third kappa shape index (κ3) is 2.37. The molecule has 1 aliphatic heterocycles. The van der Waals surface area contributed by atoms with Gasteiger partial charge in [-0.2, -0.15) is 0 Å². The Balaban J connectivity index is 1.67. The fraction of sp³-hybridized carbons (Fsp3) is 0.533. The highest BCUT2D eigenvalue weighted by Gasteiger charge is 2.52. The molecule has 1 aromatic rings. The van der Waals surface area contributed by atoms with Crippen LogP contribution >= 0.6 is 0 Å². The summed E-state index contributed by atoms with van der Waals surface area (Å²) in [5, 5.41) is 2.92. The third-order valence-corrected chi connectivity index (χ3v) is 4.09. The zero-order valence-corrected chi connectivity index (χ0v) is 10.8. The molecule has 1 unspecified atom stereocenters. The molecule has 102 valence electrons. The molecule has 3 nitrogen and oxygen atoms in total. The van der Waals surface area contributed by atoms with Gasteiger partial charge in [0.15, 0.2) is 0 Å². The minimum atomic E-state index is -0.635. The van der Waals surface area contributed by atoms with E-state index in [1.54, 1.807) is 18.2 Å². The maximum atomic E-state index is 13.8. The van der Waals surface area contributed by atoms with Gasteiger partial charge in [0.2, 0.25) is 5.91 Å². The second-order valence-electron chi connectivity index (χ2n) is 5.41. The summed E-state index contributed by atoms with van der Waals surface area (Å²) < 4.78 is 19.3. The number of carbonyl (C=O) groups excluding carboxylic acids is 1. The predicted octanol–water partition coefficient (Wildman–Crippen LogP) is 2.15. The SMILES string of the molecule is O=C(NCC1CCCO1)C1(c2ccccc2F)CC1. The average molecular weight is 263 g/mol. The van der Waals surface area contributed by atoms with Gasteiger partial charge < -0.3 is 10.1 Å². The number of halogens is 1. The van der Waals surface area contributed by atoms with Crippen LogP contribution in [0.15, 0.2) is 24.3 Å². The molecule has 2 fully saturated rings. The maximum Gasteiger partial charge on any atom is 0.230 e. The van der Waals surface area contributed by atoms with Gasteiger partial charge in [-0.25, -0.2) is 4.39 Å². The van der Waals surface area contributed by atoms with Gasteiger partial charge in [-0.3, -0.25) is 4.79 Å². The summed E-state index contributed by atoms with van der Waals surface area (Å²) >= 11 is 0. The van der Waals surface area contributed by atoms with Gasteiger partial charge in [0, 0.05) is 18.7 Å². The molecule has 1 heterocycles. The largest absolute Gasteiger partial charge is 0.376 e. The molecule has 3 rings (SSSR count). The van der Waals surface area contributed by atoms with Crippen molar-refractivity contribution in [2.75, 3.05) is 13.2 Å². The van der Waals surface area contributed by atoms with Crippen molar-refractivity contribution in [1.29, 1.82) is 0 Å². The first-order valence-electron chi connectivity index (χ1n) is 6.87. The molecule has 1 aromatic carbocycles. The van der Waals surface area contributed by atoms with E-state index in [0.717, 1.165) is 32.3 Å². The van der Waals surface area contributed by atoms with Crippen LogP contribution < -0.4 is 5.32 Å². The van der Waals surface area contributed by atoms with Crippen LogP contribution in [0.1, 0.15) is 31.2 Å². The van der Waals surface area contributed by atoms with Gasteiger partial charge in [0.25, 0.3) is 0 Å². The highest BCUT2D eigenvalue weighted by Crippen LogP contribution is 2.49. The topological polar surface area (TPSA) is 38.3 Å². The van der Waals surface area contributed by atoms with Crippen LogP contribution in [0, 0.1) is 5.82 Å². The van der Waals surface area contributed by atoms with Crippen molar-refractivity contribution in [2.24, 2.45) is 0 Å². The summed E-state index contributed by atoms with van der Waals surface area (Å²) in [5.41, 5.74) is -0.107. The Hall–Kier alpha value is -1.42. The lowest BCUT2D eigenvalue weighted by atomic mass is 9.94. The second kappa shape index (κ2) is 4.93. The molecule has 0 aromatic heterocycles. The number of ether oxygens (including phenoxy) is 1. The van der Waals surface area contributed by atoms with Gasteiger partial charge in [-0.15, -0.1) is 0 Å². The molecule has 1 saturated heterocycles. The minimum Gasteiger partial charge on any atom is -0.376 e. The lowest BCUT2D eigenvalue weighted by Crippen LogP contribution is -2.39. The van der Waals surface area contributed by atoms with Gasteiger partial charge in [0.05, 0.1) is 11.5 Å². The number of rotatable bonds is 4. The van der Waals surface area contributed by atoms with E-state index in [0.29, 0.717) is 12.1 Å². The number of nitrogens with one attached hydrogen (secondary N) is 1. The molecular weight excluding hydrogens is 245 g/mol. The van der Waals surface area contributed by atoms with Crippen LogP contribution in [0.4, 0.5) is 4.39 Å². The standard InChI is InChI=1S/C15H18FNO2/c16-13-6-2-1-5-12(13)15(7-8-15)14(18)17-10-11-4-3-9-19-11/h1-2,5-6,11H,3-4,7-10H2,(H,17,18). The zero-order valence-electron chi connectivity index (χ0n) is 10.8. The predicted molar refractivity (Wildman–Crippen MR) is 69.3 cm³/mol. The smallest absolute Gasteiger partial charge is 0.230 e. The fourth-order valence-corrected chi connectivity index (χ4v) is 2.77. The molecule has 2 aliphatic rings. The first kappa shape index (κ1) is 12.6. The number of carbonyl (C=O) groups is 1. The summed E-state index contributed by atoms with van der Waals surface area (Å²) in [7, 11) is 0. The van der Waals surface area contributed by atoms with Crippen molar-refractivity contribution in [2.45, 2.75) is 37.2 Å². The van der Waals surface area contributed by atoms with Crippen molar-refractivity contribution in [3.05, 3.63) is 35.6 Å². The fourth-order valence-electron chi connectivity index (χ4n) is 2.77. The van der Waals surface area contributed by atoms with Crippen molar-refractivity contribution in [1.82, 2.24) is 5.32 Å². The van der Waals surface area contributed by atoms with Crippen molar-refractivity contribution in [3.8, 4) is 0 Å². The molecule has 1 saturated carbocycles. The Morgan fingerprint density at radius 1 is 1.42 bits per heavy atom. The van der Waals surface area contributed by atoms with Crippen molar-refractivity contribution < 1.29 is 13.9 Å². The Morgan fingerprint density at radius 2 is 2.21 bits per heavy atom. The molecule has 0 bridgehead atoms. The third-order valence-electron chi connectivity index (χ3n) is 4.09. The molecule has 1 amide bonds. The lowest BCUT2D eigenvalue weighted by molar-refractivity contribution is -0.124. The monoisotopic (exact) mass is 263 g/mol. The van der Waals surface area contributed by atoms with E-state index in [9.17, 15) is 9.18 Å². The van der Waals surface area contributed by atoms with Crippen LogP contribution in [-0.4, -0.2) is 25.2 Å². The van der Waals surface area contributed by atoms with Gasteiger partial charge in [-0.1, -0.05) is 18.2 Å². The van der Waals surface area contributed by atoms with Crippen LogP contribution in [0.25, 0.3) is 0 Å². The van der Waals surface area contributed by atoms with Crippen LogP contribution in [-0.2, 0) is 14.9 Å². The highest BCUT2D eigenvalue weighted by atomic mass is 19.1. The van der Waals surface area contributed by atoms with Gasteiger partial charge in [0.1, 0.15) is 5.82 Å². The molecule has 1 N–H and O–H groups in total. The highest BCUT2D eigenvalue weighted by molar-refractivity contribution is 5.91. The number of amides is 1. The molecular formula is C15H18FNO2. The number of hydrogen-bond donors (Lipinski definition) is 1. The second-order valence-corrected chi connectivity index (χ2v) is 5.41. The van der Waals surface area contributed by atoms with E-state index >= 15 is 0 Å². The molecule has 19 heavy (non-hydrogen) atoms. The number of benzene rings is 1. The Bertz CT molecular complexity index is 479. The Morgan fingerprint density at radius 3 is 2.84 bits per heavy atom. The quantitative estimate of drug-likeness (QED) is 0.904. The molecule has 4 heteroatoms. The van der Waals surface area contributed by atoms with Crippen molar-refractivity contribution >= 4 is 5.91 Å². The molecule has 1 atom stereocenters. The maximum absolute atomic E-state index is 13.8. The summed E-state index contributed by atoms with van der Waals surface area (Å²) in [6.07, 6.45) is 3.63. The van der Waals surface area contributed by atoms with E-state index in [2.05, 4.69) is 5.32 Å². The van der Waals surface area contributed by atoms with E-state index in [1.165, 1.54) is 6.07 Å².